The van der Waals surface area contributed by atoms with Crippen LogP contribution in [0.4, 0.5) is 22.0 Å². The summed E-state index contributed by atoms with van der Waals surface area (Å²) in [4.78, 5) is 24.7. The summed E-state index contributed by atoms with van der Waals surface area (Å²) in [5.74, 6) is -14.9. The third-order valence-corrected chi connectivity index (χ3v) is 4.19. The van der Waals surface area contributed by atoms with E-state index in [4.69, 9.17) is 0 Å². The molecule has 0 amide bonds. The fraction of sp³-hybridized carbons (Fsp3) is 0.238. The van der Waals surface area contributed by atoms with Crippen molar-refractivity contribution in [2.75, 3.05) is 13.2 Å². The standard InChI is InChI=1S/C21H18F5NO4/c1-2-31-21(30)13(9-27-12(10-28)8-11-6-4-3-5-7-11)20(29)14-15(22)17(24)19(26)18(25)16(14)23/h3-7,9,12,27-28H,2,8,10H2,1H3/b13-9-/t12-/m0/s1. The molecule has 166 valence electrons. The molecule has 0 saturated carbocycles. The van der Waals surface area contributed by atoms with Gasteiger partial charge in [-0.05, 0) is 18.9 Å². The smallest absolute Gasteiger partial charge is 0.343 e. The van der Waals surface area contributed by atoms with E-state index in [1.807, 2.05) is 0 Å². The van der Waals surface area contributed by atoms with Crippen molar-refractivity contribution >= 4 is 11.8 Å². The van der Waals surface area contributed by atoms with Crippen molar-refractivity contribution in [2.45, 2.75) is 19.4 Å². The number of hydrogen-bond acceptors (Lipinski definition) is 5. The molecular formula is C21H18F5NO4. The molecule has 0 aliphatic carbocycles. The van der Waals surface area contributed by atoms with Gasteiger partial charge in [-0.2, -0.15) is 0 Å². The van der Waals surface area contributed by atoms with Crippen LogP contribution in [0.15, 0.2) is 42.1 Å². The Labute approximate surface area is 174 Å². The highest BCUT2D eigenvalue weighted by Gasteiger charge is 2.33. The molecule has 0 bridgehead atoms. The van der Waals surface area contributed by atoms with Crippen molar-refractivity contribution < 1.29 is 41.4 Å². The highest BCUT2D eigenvalue weighted by Crippen LogP contribution is 2.25. The van der Waals surface area contributed by atoms with E-state index in [1.54, 1.807) is 30.3 Å². The highest BCUT2D eigenvalue weighted by atomic mass is 19.2. The van der Waals surface area contributed by atoms with Gasteiger partial charge in [-0.15, -0.1) is 0 Å². The third-order valence-electron chi connectivity index (χ3n) is 4.19. The van der Waals surface area contributed by atoms with Crippen molar-refractivity contribution in [3.63, 3.8) is 0 Å². The van der Waals surface area contributed by atoms with Gasteiger partial charge in [-0.25, -0.2) is 26.7 Å². The minimum atomic E-state index is -2.44. The van der Waals surface area contributed by atoms with Gasteiger partial charge in [0.1, 0.15) is 11.1 Å². The number of ketones is 1. The Hall–Kier alpha value is -3.27. The zero-order valence-corrected chi connectivity index (χ0v) is 16.2. The predicted molar refractivity (Wildman–Crippen MR) is 99.4 cm³/mol. The van der Waals surface area contributed by atoms with Crippen LogP contribution in [0.3, 0.4) is 0 Å². The molecule has 0 saturated heterocycles. The molecule has 0 radical (unpaired) electrons. The van der Waals surface area contributed by atoms with Gasteiger partial charge in [0.15, 0.2) is 23.3 Å². The summed E-state index contributed by atoms with van der Waals surface area (Å²) in [7, 11) is 0. The SMILES string of the molecule is CCOC(=O)/C(=C\N[C@H](CO)Cc1ccccc1)C(=O)c1c(F)c(F)c(F)c(F)c1F. The normalized spacial score (nSPS) is 12.4. The molecule has 0 spiro atoms. The molecular weight excluding hydrogens is 425 g/mol. The van der Waals surface area contributed by atoms with Crippen molar-refractivity contribution in [1.82, 2.24) is 5.32 Å². The van der Waals surface area contributed by atoms with Crippen LogP contribution in [0.1, 0.15) is 22.8 Å². The first-order chi connectivity index (χ1) is 14.7. The maximum atomic E-state index is 14.0. The van der Waals surface area contributed by atoms with Crippen LogP contribution in [-0.4, -0.2) is 36.1 Å². The lowest BCUT2D eigenvalue weighted by molar-refractivity contribution is -0.138. The van der Waals surface area contributed by atoms with Crippen LogP contribution in [-0.2, 0) is 16.0 Å². The van der Waals surface area contributed by atoms with E-state index >= 15 is 0 Å². The van der Waals surface area contributed by atoms with Crippen LogP contribution in [0.2, 0.25) is 0 Å². The number of rotatable bonds is 9. The zero-order valence-electron chi connectivity index (χ0n) is 16.2. The molecule has 0 heterocycles. The fourth-order valence-electron chi connectivity index (χ4n) is 2.64. The number of ether oxygens (including phenoxy) is 1. The lowest BCUT2D eigenvalue weighted by atomic mass is 10.0. The first-order valence-corrected chi connectivity index (χ1v) is 9.07. The average molecular weight is 443 g/mol. The van der Waals surface area contributed by atoms with Crippen LogP contribution < -0.4 is 5.32 Å². The van der Waals surface area contributed by atoms with Crippen molar-refractivity contribution in [1.29, 1.82) is 0 Å². The number of aliphatic hydroxyl groups excluding tert-OH is 1. The Balaban J connectivity index is 2.42. The predicted octanol–water partition coefficient (Wildman–Crippen LogP) is 3.21. The number of esters is 1. The molecule has 1 atom stereocenters. The highest BCUT2D eigenvalue weighted by molar-refractivity contribution is 6.24. The van der Waals surface area contributed by atoms with E-state index in [2.05, 4.69) is 10.1 Å². The molecule has 10 heteroatoms. The monoisotopic (exact) mass is 443 g/mol. The summed E-state index contributed by atoms with van der Waals surface area (Å²) in [6.07, 6.45) is 0.961. The maximum absolute atomic E-state index is 14.0. The molecule has 5 nitrogen and oxygen atoms in total. The van der Waals surface area contributed by atoms with E-state index in [0.29, 0.717) is 0 Å². The largest absolute Gasteiger partial charge is 0.462 e. The number of carbonyl (C=O) groups is 2. The number of carbonyl (C=O) groups excluding carboxylic acids is 2. The summed E-state index contributed by atoms with van der Waals surface area (Å²) < 4.78 is 73.0. The van der Waals surface area contributed by atoms with Gasteiger partial charge in [0.25, 0.3) is 0 Å². The number of Topliss-reactive ketones (excluding diaryl/α,β-unsaturated/α-hetero) is 1. The molecule has 0 aliphatic rings. The van der Waals surface area contributed by atoms with Crippen molar-refractivity contribution in [2.24, 2.45) is 0 Å². The van der Waals surface area contributed by atoms with Gasteiger partial charge in [0.05, 0.1) is 19.3 Å². The molecule has 2 aromatic rings. The summed E-state index contributed by atoms with van der Waals surface area (Å²) in [5.41, 5.74) is -2.01. The second-order valence-corrected chi connectivity index (χ2v) is 6.29. The Bertz CT molecular complexity index is 966. The minimum Gasteiger partial charge on any atom is -0.462 e. The average Bonchev–Trinajstić information content (AvgIpc) is 2.76. The van der Waals surface area contributed by atoms with Crippen LogP contribution >= 0.6 is 0 Å². The van der Waals surface area contributed by atoms with E-state index in [9.17, 15) is 36.6 Å². The van der Waals surface area contributed by atoms with E-state index in [1.165, 1.54) is 6.92 Å². The van der Waals surface area contributed by atoms with Crippen LogP contribution in [0.5, 0.6) is 0 Å². The summed E-state index contributed by atoms with van der Waals surface area (Å²) >= 11 is 0. The Morgan fingerprint density at radius 2 is 1.55 bits per heavy atom. The van der Waals surface area contributed by atoms with Crippen molar-refractivity contribution in [3.8, 4) is 0 Å². The van der Waals surface area contributed by atoms with E-state index in [0.717, 1.165) is 11.8 Å². The first kappa shape index (κ1) is 24.0. The van der Waals surface area contributed by atoms with E-state index in [-0.39, 0.29) is 13.0 Å². The minimum absolute atomic E-state index is 0.228. The number of benzene rings is 2. The molecule has 2 N–H and O–H groups in total. The molecule has 2 rings (SSSR count). The van der Waals surface area contributed by atoms with Crippen molar-refractivity contribution in [3.05, 3.63) is 82.3 Å². The second-order valence-electron chi connectivity index (χ2n) is 6.29. The Morgan fingerprint density at radius 1 is 1.00 bits per heavy atom. The van der Waals surface area contributed by atoms with Gasteiger partial charge in [0.2, 0.25) is 11.6 Å². The molecule has 31 heavy (non-hydrogen) atoms. The fourth-order valence-corrected chi connectivity index (χ4v) is 2.64. The van der Waals surface area contributed by atoms with Gasteiger partial charge < -0.3 is 15.2 Å². The Morgan fingerprint density at radius 3 is 2.06 bits per heavy atom. The second kappa shape index (κ2) is 10.7. The summed E-state index contributed by atoms with van der Waals surface area (Å²) in [6.45, 7) is 0.698. The topological polar surface area (TPSA) is 75.6 Å². The number of hydrogen-bond donors (Lipinski definition) is 2. The van der Waals surface area contributed by atoms with Gasteiger partial charge >= 0.3 is 5.97 Å². The molecule has 0 fully saturated rings. The molecule has 0 unspecified atom stereocenters. The number of aliphatic hydroxyl groups is 1. The molecule has 2 aromatic carbocycles. The third kappa shape index (κ3) is 5.46. The number of halogens is 5. The molecule has 0 aromatic heterocycles. The number of nitrogens with one attached hydrogen (secondary N) is 1. The quantitative estimate of drug-likeness (QED) is 0.0910. The zero-order chi connectivity index (χ0) is 23.1. The molecule has 0 aliphatic heterocycles. The van der Waals surface area contributed by atoms with Crippen LogP contribution in [0, 0.1) is 29.1 Å². The first-order valence-electron chi connectivity index (χ1n) is 9.07. The maximum Gasteiger partial charge on any atom is 0.343 e. The van der Waals surface area contributed by atoms with Crippen LogP contribution in [0.25, 0.3) is 0 Å². The van der Waals surface area contributed by atoms with E-state index < -0.39 is 64.6 Å². The summed E-state index contributed by atoms with van der Waals surface area (Å²) in [6, 6.07) is 8.02. The van der Waals surface area contributed by atoms with Gasteiger partial charge in [-0.1, -0.05) is 30.3 Å². The van der Waals surface area contributed by atoms with Gasteiger partial charge in [-0.3, -0.25) is 4.79 Å². The lowest BCUT2D eigenvalue weighted by Crippen LogP contribution is -2.32. The van der Waals surface area contributed by atoms with Gasteiger partial charge in [0, 0.05) is 6.20 Å². The lowest BCUT2D eigenvalue weighted by Gasteiger charge is -2.16. The summed E-state index contributed by atoms with van der Waals surface area (Å²) in [5, 5.41) is 12.1. The Kier molecular flexibility index (Phi) is 8.26.